The van der Waals surface area contributed by atoms with E-state index in [1.165, 1.54) is 44.3 Å². The zero-order valence-corrected chi connectivity index (χ0v) is 19.9. The molecule has 1 aliphatic heterocycles. The van der Waals surface area contributed by atoms with Crippen LogP contribution < -0.4 is 15.0 Å². The largest absolute Gasteiger partial charge is 0.465 e. The Labute approximate surface area is 206 Å². The van der Waals surface area contributed by atoms with Gasteiger partial charge in [0.05, 0.1) is 29.8 Å². The molecule has 0 aromatic heterocycles. The van der Waals surface area contributed by atoms with Crippen LogP contribution in [0.25, 0.3) is 0 Å². The SMILES string of the molecule is COC(=O)C1=C(C(=O)OC)N(c2cc(Cl)c(Oc3ccc(NC(C)=O)cc3)c(Cl)c2)C=CC=C1. The molecule has 0 radical (unpaired) electrons. The molecule has 0 fully saturated rings. The zero-order valence-electron chi connectivity index (χ0n) is 18.4. The van der Waals surface area contributed by atoms with E-state index in [1.54, 1.807) is 42.6 Å². The van der Waals surface area contributed by atoms with Gasteiger partial charge in [0.25, 0.3) is 0 Å². The number of halogens is 2. The molecule has 0 atom stereocenters. The third-order valence-corrected chi connectivity index (χ3v) is 5.11. The molecule has 1 amide bonds. The number of benzene rings is 2. The highest BCUT2D eigenvalue weighted by atomic mass is 35.5. The van der Waals surface area contributed by atoms with Crippen molar-refractivity contribution in [3.63, 3.8) is 0 Å². The Morgan fingerprint density at radius 3 is 2.09 bits per heavy atom. The number of carbonyl (C=O) groups is 3. The lowest BCUT2D eigenvalue weighted by molar-refractivity contribution is -0.139. The van der Waals surface area contributed by atoms with Crippen LogP contribution in [0.5, 0.6) is 11.5 Å². The smallest absolute Gasteiger partial charge is 0.355 e. The number of methoxy groups -OCH3 is 2. The van der Waals surface area contributed by atoms with E-state index >= 15 is 0 Å². The molecule has 176 valence electrons. The van der Waals surface area contributed by atoms with Crippen molar-refractivity contribution < 1.29 is 28.6 Å². The van der Waals surface area contributed by atoms with E-state index in [0.717, 1.165) is 0 Å². The standard InChI is InChI=1S/C24H20Cl2N2O6/c1-14(29)27-15-7-9-17(10-8-15)34-22-19(25)12-16(13-20(22)26)28-11-5-4-6-18(23(30)32-2)21(28)24(31)33-3/h4-13H,1-3H3,(H,27,29). The third-order valence-electron chi connectivity index (χ3n) is 4.55. The highest BCUT2D eigenvalue weighted by Crippen LogP contribution is 2.41. The molecular formula is C24H20Cl2N2O6. The number of hydrogen-bond acceptors (Lipinski definition) is 7. The molecule has 34 heavy (non-hydrogen) atoms. The Morgan fingerprint density at radius 1 is 0.912 bits per heavy atom. The van der Waals surface area contributed by atoms with Crippen LogP contribution in [0.4, 0.5) is 11.4 Å². The first-order valence-electron chi connectivity index (χ1n) is 9.84. The normalized spacial score (nSPS) is 12.8. The highest BCUT2D eigenvalue weighted by molar-refractivity contribution is 6.37. The average molecular weight is 503 g/mol. The number of nitrogens with zero attached hydrogens (tertiary/aromatic N) is 1. The van der Waals surface area contributed by atoms with Crippen molar-refractivity contribution in [2.75, 3.05) is 24.4 Å². The summed E-state index contributed by atoms with van der Waals surface area (Å²) in [6.07, 6.45) is 6.21. The quantitative estimate of drug-likeness (QED) is 0.540. The number of nitrogens with one attached hydrogen (secondary N) is 1. The van der Waals surface area contributed by atoms with Crippen molar-refractivity contribution in [2.45, 2.75) is 6.92 Å². The fourth-order valence-electron chi connectivity index (χ4n) is 3.08. The lowest BCUT2D eigenvalue weighted by atomic mass is 10.1. The summed E-state index contributed by atoms with van der Waals surface area (Å²) < 4.78 is 15.5. The molecule has 10 heteroatoms. The van der Waals surface area contributed by atoms with Gasteiger partial charge < -0.3 is 24.4 Å². The molecule has 2 aromatic carbocycles. The lowest BCUT2D eigenvalue weighted by Crippen LogP contribution is -2.27. The first-order valence-corrected chi connectivity index (χ1v) is 10.6. The van der Waals surface area contributed by atoms with Crippen LogP contribution in [-0.4, -0.2) is 32.1 Å². The number of rotatable bonds is 6. The van der Waals surface area contributed by atoms with Crippen LogP contribution in [0.15, 0.2) is 72.1 Å². The number of allylic oxidation sites excluding steroid dienone is 2. The first-order chi connectivity index (χ1) is 16.2. The zero-order chi connectivity index (χ0) is 24.8. The molecule has 0 unspecified atom stereocenters. The van der Waals surface area contributed by atoms with Gasteiger partial charge in [-0.25, -0.2) is 9.59 Å². The molecule has 0 spiro atoms. The molecule has 1 heterocycles. The maximum absolute atomic E-state index is 12.6. The number of amides is 1. The van der Waals surface area contributed by atoms with Crippen molar-refractivity contribution in [3.8, 4) is 11.5 Å². The van der Waals surface area contributed by atoms with Gasteiger partial charge in [-0.05, 0) is 48.6 Å². The maximum Gasteiger partial charge on any atom is 0.355 e. The average Bonchev–Trinajstić information content (AvgIpc) is 3.04. The predicted octanol–water partition coefficient (Wildman–Crippen LogP) is 5.23. The topological polar surface area (TPSA) is 94.2 Å². The fourth-order valence-corrected chi connectivity index (χ4v) is 3.63. The van der Waals surface area contributed by atoms with Crippen LogP contribution in [0.3, 0.4) is 0 Å². The van der Waals surface area contributed by atoms with E-state index in [0.29, 0.717) is 17.1 Å². The summed E-state index contributed by atoms with van der Waals surface area (Å²) in [7, 11) is 2.41. The molecular weight excluding hydrogens is 483 g/mol. The second-order valence-electron chi connectivity index (χ2n) is 6.86. The van der Waals surface area contributed by atoms with Gasteiger partial charge in [-0.3, -0.25) is 4.79 Å². The minimum absolute atomic E-state index is 0.00817. The lowest BCUT2D eigenvalue weighted by Gasteiger charge is -2.24. The summed E-state index contributed by atoms with van der Waals surface area (Å²) >= 11 is 13.0. The first kappa shape index (κ1) is 24.9. The highest BCUT2D eigenvalue weighted by Gasteiger charge is 2.28. The molecule has 1 aliphatic rings. The monoisotopic (exact) mass is 502 g/mol. The van der Waals surface area contributed by atoms with Crippen LogP contribution in [0.2, 0.25) is 10.0 Å². The van der Waals surface area contributed by atoms with Crippen molar-refractivity contribution in [3.05, 3.63) is 82.1 Å². The van der Waals surface area contributed by atoms with Crippen LogP contribution >= 0.6 is 23.2 Å². The van der Waals surface area contributed by atoms with Gasteiger partial charge in [-0.1, -0.05) is 29.3 Å². The van der Waals surface area contributed by atoms with Gasteiger partial charge in [0, 0.05) is 24.5 Å². The third kappa shape index (κ3) is 5.59. The predicted molar refractivity (Wildman–Crippen MR) is 129 cm³/mol. The van der Waals surface area contributed by atoms with Crippen LogP contribution in [0, 0.1) is 0 Å². The van der Waals surface area contributed by atoms with Crippen molar-refractivity contribution in [1.82, 2.24) is 0 Å². The molecule has 0 aliphatic carbocycles. The number of hydrogen-bond donors (Lipinski definition) is 1. The van der Waals surface area contributed by atoms with Gasteiger partial charge in [0.2, 0.25) is 5.91 Å². The Bertz CT molecular complexity index is 1200. The minimum Gasteiger partial charge on any atom is -0.465 e. The Morgan fingerprint density at radius 2 is 1.53 bits per heavy atom. The van der Waals surface area contributed by atoms with E-state index in [4.69, 9.17) is 37.4 Å². The summed E-state index contributed by atoms with van der Waals surface area (Å²) in [6.45, 7) is 1.41. The summed E-state index contributed by atoms with van der Waals surface area (Å²) in [6, 6.07) is 9.70. The Balaban J connectivity index is 1.99. The number of esters is 2. The molecule has 0 saturated carbocycles. The van der Waals surface area contributed by atoms with Gasteiger partial charge in [0.1, 0.15) is 11.4 Å². The van der Waals surface area contributed by atoms with Gasteiger partial charge >= 0.3 is 11.9 Å². The second kappa shape index (κ2) is 10.9. The van der Waals surface area contributed by atoms with Crippen molar-refractivity contribution in [1.29, 1.82) is 0 Å². The fraction of sp³-hybridized carbons (Fsp3) is 0.125. The number of anilines is 2. The molecule has 3 rings (SSSR count). The van der Waals surface area contributed by atoms with Crippen molar-refractivity contribution in [2.24, 2.45) is 0 Å². The molecule has 0 saturated heterocycles. The van der Waals surface area contributed by atoms with Gasteiger partial charge in [-0.2, -0.15) is 0 Å². The number of carbonyl (C=O) groups excluding carboxylic acids is 3. The molecule has 8 nitrogen and oxygen atoms in total. The summed E-state index contributed by atoms with van der Waals surface area (Å²) in [4.78, 5) is 37.5. The minimum atomic E-state index is -0.761. The molecule has 2 aromatic rings. The van der Waals surface area contributed by atoms with E-state index in [1.807, 2.05) is 0 Å². The second-order valence-corrected chi connectivity index (χ2v) is 7.68. The Kier molecular flexibility index (Phi) is 7.99. The molecule has 0 bridgehead atoms. The van der Waals surface area contributed by atoms with E-state index in [2.05, 4.69) is 5.32 Å². The summed E-state index contributed by atoms with van der Waals surface area (Å²) in [5.74, 6) is -1.04. The maximum atomic E-state index is 12.6. The van der Waals surface area contributed by atoms with E-state index < -0.39 is 11.9 Å². The Hall–Kier alpha value is -3.75. The van der Waals surface area contributed by atoms with Crippen molar-refractivity contribution >= 4 is 52.4 Å². The van der Waals surface area contributed by atoms with E-state index in [9.17, 15) is 14.4 Å². The molecule has 1 N–H and O–H groups in total. The summed E-state index contributed by atoms with van der Waals surface area (Å²) in [5.41, 5.74) is 0.905. The number of ether oxygens (including phenoxy) is 3. The van der Waals surface area contributed by atoms with Crippen LogP contribution in [0.1, 0.15) is 6.92 Å². The van der Waals surface area contributed by atoms with Crippen LogP contribution in [-0.2, 0) is 23.9 Å². The summed E-state index contributed by atoms with van der Waals surface area (Å²) in [5, 5.41) is 2.97. The van der Waals surface area contributed by atoms with Gasteiger partial charge in [0.15, 0.2) is 5.75 Å². The van der Waals surface area contributed by atoms with Gasteiger partial charge in [-0.15, -0.1) is 0 Å². The van der Waals surface area contributed by atoms with E-state index in [-0.39, 0.29) is 33.0 Å².